The van der Waals surface area contributed by atoms with Crippen molar-refractivity contribution < 1.29 is 22.7 Å². The number of carbonyl (C=O) groups is 1. The van der Waals surface area contributed by atoms with Gasteiger partial charge in [-0.05, 0) is 44.7 Å². The summed E-state index contributed by atoms with van der Waals surface area (Å²) in [5, 5.41) is 3.03. The van der Waals surface area contributed by atoms with E-state index >= 15 is 0 Å². The van der Waals surface area contributed by atoms with Gasteiger partial charge >= 0.3 is 0 Å². The number of fused-ring (bicyclic) bond motifs is 1. The number of imidazole rings is 1. The Morgan fingerprint density at radius 3 is 2.48 bits per heavy atom. The summed E-state index contributed by atoms with van der Waals surface area (Å²) < 4.78 is 41.1. The summed E-state index contributed by atoms with van der Waals surface area (Å²) >= 11 is 0. The van der Waals surface area contributed by atoms with Crippen molar-refractivity contribution in [2.45, 2.75) is 62.7 Å². The van der Waals surface area contributed by atoms with E-state index in [0.29, 0.717) is 43.2 Å². The average Bonchev–Trinajstić information content (AvgIpc) is 3.33. The number of benzene rings is 1. The van der Waals surface area contributed by atoms with Crippen LogP contribution in [-0.2, 0) is 21.9 Å². The number of piperidine rings is 1. The van der Waals surface area contributed by atoms with Crippen molar-refractivity contribution in [2.75, 3.05) is 18.4 Å². The Kier molecular flexibility index (Phi) is 5.60. The number of rotatable bonds is 4. The minimum atomic E-state index is -3.65. The fraction of sp³-hybridized carbons (Fsp3) is 0.565. The Morgan fingerprint density at radius 2 is 1.82 bits per heavy atom. The number of amides is 1. The lowest BCUT2D eigenvalue weighted by Gasteiger charge is -2.31. The summed E-state index contributed by atoms with van der Waals surface area (Å²) in [6.07, 6.45) is 7.59. The maximum absolute atomic E-state index is 12.9. The van der Waals surface area contributed by atoms with Crippen molar-refractivity contribution >= 4 is 21.6 Å². The zero-order valence-corrected chi connectivity index (χ0v) is 19.9. The van der Waals surface area contributed by atoms with Crippen LogP contribution in [0.25, 0.3) is 0 Å². The van der Waals surface area contributed by atoms with Gasteiger partial charge < -0.3 is 19.4 Å². The highest BCUT2D eigenvalue weighted by molar-refractivity contribution is 7.89. The van der Waals surface area contributed by atoms with Gasteiger partial charge in [-0.2, -0.15) is 4.31 Å². The second-order valence-corrected chi connectivity index (χ2v) is 11.1. The molecule has 1 spiro atoms. The molecule has 1 N–H and O–H groups in total. The fourth-order valence-electron chi connectivity index (χ4n) is 4.85. The van der Waals surface area contributed by atoms with Crippen molar-refractivity contribution in [1.82, 2.24) is 13.9 Å². The van der Waals surface area contributed by atoms with E-state index in [2.05, 4.69) is 10.3 Å². The van der Waals surface area contributed by atoms with Crippen LogP contribution < -0.4 is 14.8 Å². The first-order valence-electron chi connectivity index (χ1n) is 11.6. The standard InChI is InChI=1S/C23H30N4O5S/c1-16-24-21(15-26(16)2)33(29,30)27-12-8-17(9-13-27)22(28)25-18-6-7-19-20(14-18)32-23(31-19)10-4-3-5-11-23/h6-7,14-15,17H,3-5,8-13H2,1-2H3,(H,25,28). The van der Waals surface area contributed by atoms with Gasteiger partial charge in [-0.1, -0.05) is 6.42 Å². The Balaban J connectivity index is 1.19. The normalized spacial score (nSPS) is 20.8. The van der Waals surface area contributed by atoms with Crippen molar-refractivity contribution in [1.29, 1.82) is 0 Å². The molecular formula is C23H30N4O5S. The lowest BCUT2D eigenvalue weighted by Crippen LogP contribution is -2.41. The van der Waals surface area contributed by atoms with Crippen LogP contribution in [-0.4, -0.2) is 47.1 Å². The number of anilines is 1. The Labute approximate surface area is 194 Å². The van der Waals surface area contributed by atoms with Gasteiger partial charge in [0.15, 0.2) is 16.5 Å². The first kappa shape index (κ1) is 22.2. The number of hydrogen-bond acceptors (Lipinski definition) is 6. The third-order valence-corrected chi connectivity index (χ3v) is 8.70. The van der Waals surface area contributed by atoms with Crippen LogP contribution in [0.3, 0.4) is 0 Å². The summed E-state index contributed by atoms with van der Waals surface area (Å²) in [6, 6.07) is 5.49. The molecule has 1 amide bonds. The van der Waals surface area contributed by atoms with Crippen molar-refractivity contribution in [2.24, 2.45) is 13.0 Å². The molecule has 0 unspecified atom stereocenters. The van der Waals surface area contributed by atoms with Gasteiger partial charge in [-0.25, -0.2) is 13.4 Å². The first-order chi connectivity index (χ1) is 15.8. The number of aromatic nitrogens is 2. The third-order valence-electron chi connectivity index (χ3n) is 6.93. The smallest absolute Gasteiger partial charge is 0.262 e. The van der Waals surface area contributed by atoms with Crippen LogP contribution >= 0.6 is 0 Å². The average molecular weight is 475 g/mol. The topological polar surface area (TPSA) is 103 Å². The second-order valence-electron chi connectivity index (χ2n) is 9.24. The van der Waals surface area contributed by atoms with E-state index in [9.17, 15) is 13.2 Å². The van der Waals surface area contributed by atoms with Crippen LogP contribution in [0.1, 0.15) is 50.8 Å². The third kappa shape index (κ3) is 4.21. The quantitative estimate of drug-likeness (QED) is 0.730. The van der Waals surface area contributed by atoms with Gasteiger partial charge in [-0.15, -0.1) is 0 Å². The van der Waals surface area contributed by atoms with E-state index in [1.807, 2.05) is 18.2 Å². The Bertz CT molecular complexity index is 1140. The van der Waals surface area contributed by atoms with Gasteiger partial charge in [0.05, 0.1) is 0 Å². The molecule has 0 radical (unpaired) electrons. The largest absolute Gasteiger partial charge is 0.448 e. The highest BCUT2D eigenvalue weighted by Gasteiger charge is 2.42. The maximum atomic E-state index is 12.9. The number of carbonyl (C=O) groups excluding carboxylic acids is 1. The van der Waals surface area contributed by atoms with Gasteiger partial charge in [0.25, 0.3) is 15.8 Å². The van der Waals surface area contributed by atoms with E-state index in [-0.39, 0.29) is 16.9 Å². The summed E-state index contributed by atoms with van der Waals surface area (Å²) in [7, 11) is -1.89. The van der Waals surface area contributed by atoms with Gasteiger partial charge in [-0.3, -0.25) is 4.79 Å². The number of hydrogen-bond donors (Lipinski definition) is 1. The predicted octanol–water partition coefficient (Wildman–Crippen LogP) is 3.20. The highest BCUT2D eigenvalue weighted by Crippen LogP contribution is 2.46. The molecule has 1 aromatic carbocycles. The van der Waals surface area contributed by atoms with Gasteiger partial charge in [0.2, 0.25) is 5.91 Å². The maximum Gasteiger partial charge on any atom is 0.262 e. The van der Waals surface area contributed by atoms with Crippen molar-refractivity contribution in [3.05, 3.63) is 30.2 Å². The van der Waals surface area contributed by atoms with Crippen molar-refractivity contribution in [3.8, 4) is 11.5 Å². The molecule has 33 heavy (non-hydrogen) atoms. The highest BCUT2D eigenvalue weighted by atomic mass is 32.2. The molecule has 2 fully saturated rings. The molecule has 1 saturated heterocycles. The molecular weight excluding hydrogens is 444 g/mol. The van der Waals surface area contributed by atoms with Crippen LogP contribution in [0.15, 0.2) is 29.4 Å². The molecule has 9 nitrogen and oxygen atoms in total. The predicted molar refractivity (Wildman–Crippen MR) is 122 cm³/mol. The molecule has 2 aliphatic heterocycles. The van der Waals surface area contributed by atoms with E-state index in [1.165, 1.54) is 16.9 Å². The van der Waals surface area contributed by atoms with E-state index in [1.54, 1.807) is 18.5 Å². The SMILES string of the molecule is Cc1nc(S(=O)(=O)N2CCC(C(=O)Nc3ccc4c(c3)OC3(CCCCC3)O4)CC2)cn1C. The number of nitrogens with one attached hydrogen (secondary N) is 1. The lowest BCUT2D eigenvalue weighted by atomic mass is 9.94. The zero-order valence-electron chi connectivity index (χ0n) is 19.0. The Morgan fingerprint density at radius 1 is 1.12 bits per heavy atom. The number of nitrogens with zero attached hydrogens (tertiary/aromatic N) is 3. The van der Waals surface area contributed by atoms with Crippen LogP contribution in [0, 0.1) is 12.8 Å². The monoisotopic (exact) mass is 474 g/mol. The van der Waals surface area contributed by atoms with Gasteiger partial charge in [0, 0.05) is 56.8 Å². The van der Waals surface area contributed by atoms with Gasteiger partial charge in [0.1, 0.15) is 5.82 Å². The van der Waals surface area contributed by atoms with E-state index in [4.69, 9.17) is 9.47 Å². The van der Waals surface area contributed by atoms with E-state index < -0.39 is 15.8 Å². The lowest BCUT2D eigenvalue weighted by molar-refractivity contribution is -0.120. The fourth-order valence-corrected chi connectivity index (χ4v) is 6.35. The molecule has 3 heterocycles. The molecule has 1 aromatic heterocycles. The molecule has 5 rings (SSSR count). The van der Waals surface area contributed by atoms with Crippen LogP contribution in [0.2, 0.25) is 0 Å². The summed E-state index contributed by atoms with van der Waals surface area (Å²) in [4.78, 5) is 17.0. The zero-order chi connectivity index (χ0) is 23.2. The second kappa shape index (κ2) is 8.32. The number of aryl methyl sites for hydroxylation is 2. The van der Waals surface area contributed by atoms with Crippen molar-refractivity contribution in [3.63, 3.8) is 0 Å². The molecule has 10 heteroatoms. The summed E-state index contributed by atoms with van der Waals surface area (Å²) in [6.45, 7) is 2.35. The van der Waals surface area contributed by atoms with Crippen LogP contribution in [0.4, 0.5) is 5.69 Å². The summed E-state index contributed by atoms with van der Waals surface area (Å²) in [5.41, 5.74) is 0.661. The molecule has 1 aliphatic carbocycles. The summed E-state index contributed by atoms with van der Waals surface area (Å²) in [5.74, 6) is 1.12. The molecule has 3 aliphatic rings. The molecule has 1 saturated carbocycles. The number of sulfonamides is 1. The minimum Gasteiger partial charge on any atom is -0.448 e. The first-order valence-corrected chi connectivity index (χ1v) is 13.0. The van der Waals surface area contributed by atoms with E-state index in [0.717, 1.165) is 31.4 Å². The molecule has 0 bridgehead atoms. The molecule has 0 atom stereocenters. The molecule has 2 aromatic rings. The Hall–Kier alpha value is -2.59. The van der Waals surface area contributed by atoms with Crippen LogP contribution in [0.5, 0.6) is 11.5 Å². The number of ether oxygens (including phenoxy) is 2. The molecule has 178 valence electrons. The minimum absolute atomic E-state index is 0.0569.